The number of hydroxylamine groups is 1. The summed E-state index contributed by atoms with van der Waals surface area (Å²) < 4.78 is 1.91. The first-order chi connectivity index (χ1) is 14.6. The second kappa shape index (κ2) is 9.02. The number of carbonyl (C=O) groups excluding carboxylic acids is 1. The Balaban J connectivity index is 1.52. The zero-order valence-corrected chi connectivity index (χ0v) is 16.8. The van der Waals surface area contributed by atoms with Crippen LogP contribution in [-0.2, 0) is 18.4 Å². The molecule has 0 spiro atoms. The number of nitrogens with zero attached hydrogens (tertiary/aromatic N) is 4. The van der Waals surface area contributed by atoms with E-state index in [4.69, 9.17) is 15.2 Å². The number of anilines is 1. The summed E-state index contributed by atoms with van der Waals surface area (Å²) in [5.74, 6) is 0.967. The molecule has 0 aliphatic carbocycles. The van der Waals surface area contributed by atoms with Crippen molar-refractivity contribution >= 4 is 29.0 Å². The summed E-state index contributed by atoms with van der Waals surface area (Å²) in [4.78, 5) is 25.1. The predicted molar refractivity (Wildman–Crippen MR) is 114 cm³/mol. The zero-order chi connectivity index (χ0) is 20.9. The maximum atomic E-state index is 11.1. The molecule has 9 heteroatoms. The Bertz CT molecular complexity index is 1050. The fourth-order valence-electron chi connectivity index (χ4n) is 3.52. The van der Waals surface area contributed by atoms with Crippen molar-refractivity contribution in [2.24, 2.45) is 7.05 Å². The van der Waals surface area contributed by atoms with Crippen molar-refractivity contribution in [1.82, 2.24) is 30.3 Å². The first kappa shape index (κ1) is 20.0. The van der Waals surface area contributed by atoms with Crippen molar-refractivity contribution in [3.8, 4) is 0 Å². The van der Waals surface area contributed by atoms with E-state index < -0.39 is 5.91 Å². The Labute approximate surface area is 174 Å². The van der Waals surface area contributed by atoms with Crippen LogP contribution in [0, 0.1) is 0 Å². The Kier molecular flexibility index (Phi) is 6.01. The summed E-state index contributed by atoms with van der Waals surface area (Å²) in [7, 11) is 1.94. The van der Waals surface area contributed by atoms with Gasteiger partial charge < -0.3 is 15.2 Å². The van der Waals surface area contributed by atoms with Crippen LogP contribution in [0.15, 0.2) is 36.7 Å². The molecular weight excluding hydrogens is 382 g/mol. The highest BCUT2D eigenvalue weighted by Gasteiger charge is 2.21. The van der Waals surface area contributed by atoms with Crippen molar-refractivity contribution in [3.63, 3.8) is 0 Å². The van der Waals surface area contributed by atoms with Gasteiger partial charge in [0.05, 0.1) is 12.4 Å². The smallest absolute Gasteiger partial charge is 0.267 e. The third kappa shape index (κ3) is 4.47. The number of benzene rings is 1. The first-order valence-corrected chi connectivity index (χ1v) is 10.0. The van der Waals surface area contributed by atoms with Crippen LogP contribution in [0.1, 0.15) is 42.3 Å². The normalized spacial score (nSPS) is 16.8. The van der Waals surface area contributed by atoms with Gasteiger partial charge in [0, 0.05) is 19.7 Å². The molecule has 0 saturated carbocycles. The summed E-state index contributed by atoms with van der Waals surface area (Å²) in [5, 5.41) is 15.5. The number of rotatable bonds is 6. The SMILES string of the molecule is Cn1cnc2c(NCc3ccc(/C=C/C(=O)NO)cc3)nc(C3CCCCN3)nc21. The minimum Gasteiger partial charge on any atom is -0.364 e. The maximum absolute atomic E-state index is 11.1. The molecule has 4 N–H and O–H groups in total. The molecule has 1 saturated heterocycles. The summed E-state index contributed by atoms with van der Waals surface area (Å²) in [5.41, 5.74) is 5.07. The van der Waals surface area contributed by atoms with E-state index >= 15 is 0 Å². The molecule has 156 valence electrons. The van der Waals surface area contributed by atoms with Gasteiger partial charge in [0.1, 0.15) is 11.3 Å². The zero-order valence-electron chi connectivity index (χ0n) is 16.8. The lowest BCUT2D eigenvalue weighted by Gasteiger charge is -2.22. The Hall–Kier alpha value is -3.30. The molecule has 30 heavy (non-hydrogen) atoms. The molecule has 1 amide bonds. The van der Waals surface area contributed by atoms with Crippen molar-refractivity contribution in [3.05, 3.63) is 53.6 Å². The van der Waals surface area contributed by atoms with Gasteiger partial charge in [0.25, 0.3) is 5.91 Å². The van der Waals surface area contributed by atoms with Gasteiger partial charge in [-0.25, -0.2) is 20.4 Å². The largest absolute Gasteiger partial charge is 0.364 e. The molecule has 2 aromatic heterocycles. The number of aromatic nitrogens is 4. The molecule has 1 unspecified atom stereocenters. The van der Waals surface area contributed by atoms with E-state index in [0.29, 0.717) is 6.54 Å². The van der Waals surface area contributed by atoms with Gasteiger partial charge in [-0.05, 0) is 36.6 Å². The number of imidazole rings is 1. The van der Waals surface area contributed by atoms with Crippen LogP contribution in [0.2, 0.25) is 0 Å². The Morgan fingerprint density at radius 3 is 2.87 bits per heavy atom. The predicted octanol–water partition coefficient (Wildman–Crippen LogP) is 2.31. The molecule has 1 aliphatic heterocycles. The van der Waals surface area contributed by atoms with E-state index in [1.54, 1.807) is 17.9 Å². The highest BCUT2D eigenvalue weighted by molar-refractivity contribution is 5.90. The van der Waals surface area contributed by atoms with Gasteiger partial charge in [-0.15, -0.1) is 0 Å². The fourth-order valence-corrected chi connectivity index (χ4v) is 3.52. The highest BCUT2D eigenvalue weighted by atomic mass is 16.5. The number of nitrogens with one attached hydrogen (secondary N) is 3. The molecule has 1 atom stereocenters. The van der Waals surface area contributed by atoms with Crippen LogP contribution in [0.5, 0.6) is 0 Å². The van der Waals surface area contributed by atoms with Gasteiger partial charge in [0.15, 0.2) is 11.5 Å². The molecule has 0 radical (unpaired) electrons. The van der Waals surface area contributed by atoms with Crippen LogP contribution in [0.3, 0.4) is 0 Å². The van der Waals surface area contributed by atoms with Crippen LogP contribution >= 0.6 is 0 Å². The number of aryl methyl sites for hydroxylation is 1. The van der Waals surface area contributed by atoms with E-state index in [9.17, 15) is 4.79 Å². The van der Waals surface area contributed by atoms with E-state index in [0.717, 1.165) is 46.9 Å². The van der Waals surface area contributed by atoms with Crippen molar-refractivity contribution in [2.75, 3.05) is 11.9 Å². The quantitative estimate of drug-likeness (QED) is 0.281. The molecule has 0 bridgehead atoms. The number of piperidine rings is 1. The lowest BCUT2D eigenvalue weighted by atomic mass is 10.0. The van der Waals surface area contributed by atoms with Crippen LogP contribution in [0.25, 0.3) is 17.2 Å². The summed E-state index contributed by atoms with van der Waals surface area (Å²) in [6.45, 7) is 1.57. The number of hydrogen-bond acceptors (Lipinski definition) is 7. The number of hydrogen-bond donors (Lipinski definition) is 4. The standard InChI is InChI=1S/C21H25N7O2/c1-28-13-24-18-20(25-19(26-21(18)28)16-4-2-3-11-22-16)23-12-15-7-5-14(6-8-15)9-10-17(29)27-30/h5-10,13,16,22,30H,2-4,11-12H2,1H3,(H,27,29)(H,23,25,26)/b10-9+. The van der Waals surface area contributed by atoms with E-state index in [-0.39, 0.29) is 6.04 Å². The fraction of sp³-hybridized carbons (Fsp3) is 0.333. The summed E-state index contributed by atoms with van der Waals surface area (Å²) in [6, 6.07) is 7.94. The van der Waals surface area contributed by atoms with Crippen molar-refractivity contribution in [1.29, 1.82) is 0 Å². The van der Waals surface area contributed by atoms with Crippen LogP contribution < -0.4 is 16.1 Å². The van der Waals surface area contributed by atoms with Gasteiger partial charge in [-0.2, -0.15) is 0 Å². The summed E-state index contributed by atoms with van der Waals surface area (Å²) >= 11 is 0. The molecule has 9 nitrogen and oxygen atoms in total. The van der Waals surface area contributed by atoms with Crippen molar-refractivity contribution < 1.29 is 10.0 Å². The summed E-state index contributed by atoms with van der Waals surface area (Å²) in [6.07, 6.45) is 8.05. The average Bonchev–Trinajstić information content (AvgIpc) is 3.18. The minimum absolute atomic E-state index is 0.167. The van der Waals surface area contributed by atoms with E-state index in [2.05, 4.69) is 15.6 Å². The molecule has 3 aromatic rings. The van der Waals surface area contributed by atoms with Gasteiger partial charge in [0.2, 0.25) is 0 Å². The third-order valence-electron chi connectivity index (χ3n) is 5.18. The van der Waals surface area contributed by atoms with E-state index in [1.165, 1.54) is 18.9 Å². The minimum atomic E-state index is -0.563. The lowest BCUT2D eigenvalue weighted by Crippen LogP contribution is -2.28. The average molecular weight is 407 g/mol. The highest BCUT2D eigenvalue weighted by Crippen LogP contribution is 2.25. The third-order valence-corrected chi connectivity index (χ3v) is 5.18. The monoisotopic (exact) mass is 407 g/mol. The van der Waals surface area contributed by atoms with Crippen molar-refractivity contribution in [2.45, 2.75) is 31.8 Å². The van der Waals surface area contributed by atoms with Gasteiger partial charge in [-0.3, -0.25) is 10.0 Å². The Morgan fingerprint density at radius 2 is 2.13 bits per heavy atom. The molecule has 1 aliphatic rings. The molecule has 3 heterocycles. The number of fused-ring (bicyclic) bond motifs is 1. The topological polar surface area (TPSA) is 117 Å². The Morgan fingerprint density at radius 1 is 1.30 bits per heavy atom. The maximum Gasteiger partial charge on any atom is 0.267 e. The van der Waals surface area contributed by atoms with Crippen LogP contribution in [0.4, 0.5) is 5.82 Å². The molecular formula is C21H25N7O2. The second-order valence-electron chi connectivity index (χ2n) is 7.37. The van der Waals surface area contributed by atoms with Crippen LogP contribution in [-0.4, -0.2) is 37.2 Å². The first-order valence-electron chi connectivity index (χ1n) is 10.0. The van der Waals surface area contributed by atoms with Gasteiger partial charge >= 0.3 is 0 Å². The van der Waals surface area contributed by atoms with E-state index in [1.807, 2.05) is 35.9 Å². The lowest BCUT2D eigenvalue weighted by molar-refractivity contribution is -0.124. The molecule has 1 aromatic carbocycles. The number of amides is 1. The number of carbonyl (C=O) groups is 1. The molecule has 1 fully saturated rings. The second-order valence-corrected chi connectivity index (χ2v) is 7.37. The van der Waals surface area contributed by atoms with Gasteiger partial charge in [-0.1, -0.05) is 30.7 Å². The molecule has 4 rings (SSSR count).